The molecule has 1 atom stereocenters. The second-order valence-electron chi connectivity index (χ2n) is 4.95. The molecule has 0 saturated carbocycles. The zero-order valence-corrected chi connectivity index (χ0v) is 12.6. The van der Waals surface area contributed by atoms with Crippen LogP contribution in [0.25, 0.3) is 11.1 Å². The van der Waals surface area contributed by atoms with E-state index in [0.29, 0.717) is 5.56 Å². The lowest BCUT2D eigenvalue weighted by Crippen LogP contribution is -2.02. The number of rotatable bonds is 3. The summed E-state index contributed by atoms with van der Waals surface area (Å²) < 4.78 is 22.2. The van der Waals surface area contributed by atoms with Crippen molar-refractivity contribution in [2.75, 3.05) is 0 Å². The Morgan fingerprint density at radius 1 is 1.00 bits per heavy atom. The maximum Gasteiger partial charge on any atom is 0.349 e. The van der Waals surface area contributed by atoms with Crippen LogP contribution in [0.1, 0.15) is 28.1 Å². The van der Waals surface area contributed by atoms with Crippen molar-refractivity contribution < 1.29 is 14.2 Å². The van der Waals surface area contributed by atoms with Crippen LogP contribution >= 0.6 is 7.68 Å². The van der Waals surface area contributed by atoms with E-state index in [-0.39, 0.29) is 0 Å². The third-order valence-electron chi connectivity index (χ3n) is 3.55. The van der Waals surface area contributed by atoms with Crippen LogP contribution < -0.4 is 0 Å². The molecule has 1 unspecified atom stereocenters. The highest BCUT2D eigenvalue weighted by Gasteiger charge is 2.21. The molecular formula is C16H17O3P. The first kappa shape index (κ1) is 14.7. The maximum absolute atomic E-state index is 11.1. The van der Waals surface area contributed by atoms with Gasteiger partial charge in [0.05, 0.1) is 0 Å². The number of benzene rings is 2. The third-order valence-corrected chi connectivity index (χ3v) is 4.21. The summed E-state index contributed by atoms with van der Waals surface area (Å²) in [6, 6.07) is 11.7. The molecule has 2 rings (SSSR count). The molecule has 0 amide bonds. The monoisotopic (exact) mass is 288 g/mol. The highest BCUT2D eigenvalue weighted by atomic mass is 31.1. The quantitative estimate of drug-likeness (QED) is 0.849. The van der Waals surface area contributed by atoms with E-state index >= 15 is 0 Å². The molecule has 0 aliphatic carbocycles. The van der Waals surface area contributed by atoms with Crippen molar-refractivity contribution in [2.24, 2.45) is 0 Å². The Hall–Kier alpha value is -1.70. The van der Waals surface area contributed by atoms with Gasteiger partial charge in [0.15, 0.2) is 5.85 Å². The van der Waals surface area contributed by atoms with Crippen LogP contribution in [0.5, 0.6) is 0 Å². The van der Waals surface area contributed by atoms with E-state index < -0.39 is 13.5 Å². The van der Waals surface area contributed by atoms with Crippen LogP contribution in [0, 0.1) is 20.8 Å². The van der Waals surface area contributed by atoms with Crippen LogP contribution in [0.4, 0.5) is 0 Å². The zero-order valence-electron chi connectivity index (χ0n) is 11.8. The molecule has 0 fully saturated rings. The summed E-state index contributed by atoms with van der Waals surface area (Å²) in [5.41, 5.74) is 5.19. The maximum atomic E-state index is 11.1. The van der Waals surface area contributed by atoms with Gasteiger partial charge in [-0.15, -0.1) is 0 Å². The van der Waals surface area contributed by atoms with Crippen molar-refractivity contribution in [3.8, 4) is 11.1 Å². The topological polar surface area (TPSA) is 54.4 Å². The summed E-state index contributed by atoms with van der Waals surface area (Å²) in [5.74, 6) is -1.45. The molecule has 3 nitrogen and oxygen atoms in total. The minimum Gasteiger partial charge on any atom is -0.374 e. The van der Waals surface area contributed by atoms with Crippen LogP contribution in [0.3, 0.4) is 0 Å². The van der Waals surface area contributed by atoms with Gasteiger partial charge in [-0.3, -0.25) is 0 Å². The van der Waals surface area contributed by atoms with Crippen LogP contribution in [0.2, 0.25) is 0 Å². The predicted octanol–water partition coefficient (Wildman–Crippen LogP) is 4.44. The van der Waals surface area contributed by atoms with Gasteiger partial charge in [0, 0.05) is 5.56 Å². The average molecular weight is 288 g/mol. The smallest absolute Gasteiger partial charge is 0.349 e. The van der Waals surface area contributed by atoms with E-state index in [9.17, 15) is 14.2 Å². The fourth-order valence-electron chi connectivity index (χ4n) is 2.75. The molecule has 0 spiro atoms. The molecule has 0 saturated heterocycles. The standard InChI is InChI=1S/C16H17O3P/c1-10-9-11(2)15(16(17)20(18)19)12(3)14(10)13-7-5-4-6-8-13/h4-9,16-17H,1-3H3. The molecular weight excluding hydrogens is 271 g/mol. The number of aliphatic hydroxyl groups excluding tert-OH is 1. The minimum atomic E-state index is -2.91. The summed E-state index contributed by atoms with van der Waals surface area (Å²) in [7, 11) is -2.91. The van der Waals surface area contributed by atoms with Gasteiger partial charge in [0.1, 0.15) is 0 Å². The number of aliphatic hydroxyl groups is 1. The SMILES string of the molecule is Cc1cc(C)c(C(O)P(=O)=O)c(C)c1-c1ccccc1. The van der Waals surface area contributed by atoms with E-state index in [1.807, 2.05) is 57.2 Å². The van der Waals surface area contributed by atoms with Crippen molar-refractivity contribution in [3.05, 3.63) is 58.7 Å². The molecule has 0 aromatic heterocycles. The lowest BCUT2D eigenvalue weighted by Gasteiger charge is -2.18. The van der Waals surface area contributed by atoms with Crippen molar-refractivity contribution in [3.63, 3.8) is 0 Å². The van der Waals surface area contributed by atoms with E-state index in [0.717, 1.165) is 27.8 Å². The minimum absolute atomic E-state index is 0.491. The Labute approximate surface area is 119 Å². The number of aryl methyl sites for hydroxylation is 2. The van der Waals surface area contributed by atoms with Crippen molar-refractivity contribution in [2.45, 2.75) is 26.6 Å². The number of hydrogen-bond donors (Lipinski definition) is 1. The Morgan fingerprint density at radius 3 is 2.15 bits per heavy atom. The Bertz CT molecular complexity index is 695. The number of hydrogen-bond acceptors (Lipinski definition) is 3. The highest BCUT2D eigenvalue weighted by molar-refractivity contribution is 7.31. The third kappa shape index (κ3) is 2.60. The summed E-state index contributed by atoms with van der Waals surface area (Å²) in [6.07, 6.45) is 0. The summed E-state index contributed by atoms with van der Waals surface area (Å²) in [6.45, 7) is 5.68. The molecule has 20 heavy (non-hydrogen) atoms. The van der Waals surface area contributed by atoms with Crippen molar-refractivity contribution >= 4 is 7.68 Å². The van der Waals surface area contributed by atoms with Crippen molar-refractivity contribution in [1.82, 2.24) is 0 Å². The van der Waals surface area contributed by atoms with Crippen LogP contribution in [0.15, 0.2) is 36.4 Å². The van der Waals surface area contributed by atoms with E-state index in [2.05, 4.69) is 0 Å². The average Bonchev–Trinajstić information content (AvgIpc) is 2.39. The molecule has 2 aromatic carbocycles. The second-order valence-corrected chi connectivity index (χ2v) is 6.01. The Balaban J connectivity index is 2.74. The lowest BCUT2D eigenvalue weighted by atomic mass is 9.89. The summed E-state index contributed by atoms with van der Waals surface area (Å²) >= 11 is 0. The van der Waals surface area contributed by atoms with Crippen molar-refractivity contribution in [1.29, 1.82) is 0 Å². The Kier molecular flexibility index (Phi) is 4.22. The van der Waals surface area contributed by atoms with E-state index in [1.165, 1.54) is 0 Å². The fourth-order valence-corrected chi connectivity index (χ4v) is 3.36. The first-order chi connectivity index (χ1) is 9.43. The van der Waals surface area contributed by atoms with Gasteiger partial charge >= 0.3 is 7.68 Å². The zero-order chi connectivity index (χ0) is 14.9. The van der Waals surface area contributed by atoms with Gasteiger partial charge < -0.3 is 5.11 Å². The molecule has 0 heterocycles. The normalized spacial score (nSPS) is 12.2. The fraction of sp³-hybridized carbons (Fsp3) is 0.250. The second kappa shape index (κ2) is 5.74. The van der Waals surface area contributed by atoms with Gasteiger partial charge in [-0.05, 0) is 48.6 Å². The summed E-state index contributed by atoms with van der Waals surface area (Å²) in [5, 5.41) is 9.93. The van der Waals surface area contributed by atoms with Gasteiger partial charge in [0.2, 0.25) is 0 Å². The molecule has 104 valence electrons. The van der Waals surface area contributed by atoms with Gasteiger partial charge in [-0.1, -0.05) is 36.4 Å². The molecule has 4 heteroatoms. The largest absolute Gasteiger partial charge is 0.374 e. The summed E-state index contributed by atoms with van der Waals surface area (Å²) in [4.78, 5) is 0. The molecule has 0 bridgehead atoms. The first-order valence-electron chi connectivity index (χ1n) is 6.41. The van der Waals surface area contributed by atoms with Crippen LogP contribution in [-0.2, 0) is 9.13 Å². The highest BCUT2D eigenvalue weighted by Crippen LogP contribution is 2.39. The molecule has 0 radical (unpaired) electrons. The van der Waals surface area contributed by atoms with Gasteiger partial charge in [0.25, 0.3) is 0 Å². The lowest BCUT2D eigenvalue weighted by molar-refractivity contribution is 0.249. The predicted molar refractivity (Wildman–Crippen MR) is 79.3 cm³/mol. The molecule has 0 aliphatic heterocycles. The van der Waals surface area contributed by atoms with Gasteiger partial charge in [-0.25, -0.2) is 9.13 Å². The van der Waals surface area contributed by atoms with E-state index in [1.54, 1.807) is 0 Å². The van der Waals surface area contributed by atoms with Gasteiger partial charge in [-0.2, -0.15) is 0 Å². The Morgan fingerprint density at radius 2 is 1.60 bits per heavy atom. The molecule has 0 aliphatic rings. The molecule has 1 N–H and O–H groups in total. The van der Waals surface area contributed by atoms with Crippen LogP contribution in [-0.4, -0.2) is 5.11 Å². The van der Waals surface area contributed by atoms with E-state index in [4.69, 9.17) is 0 Å². The first-order valence-corrected chi connectivity index (χ1v) is 7.65. The molecule has 2 aromatic rings.